The Morgan fingerprint density at radius 1 is 1.32 bits per heavy atom. The molecule has 0 atom stereocenters. The summed E-state index contributed by atoms with van der Waals surface area (Å²) in [4.78, 5) is 0. The normalized spacial score (nSPS) is 12.4. The number of hydrogen-bond acceptors (Lipinski definition) is 3. The van der Waals surface area contributed by atoms with E-state index in [1.165, 1.54) is 18.2 Å². The topological polar surface area (TPSA) is 66.4 Å². The van der Waals surface area contributed by atoms with Crippen molar-refractivity contribution in [1.29, 1.82) is 0 Å². The number of anilines is 1. The summed E-state index contributed by atoms with van der Waals surface area (Å²) in [6.07, 6.45) is -6.08. The Morgan fingerprint density at radius 2 is 1.95 bits per heavy atom. The van der Waals surface area contributed by atoms with Crippen molar-refractivity contribution >= 4 is 31.6 Å². The highest BCUT2D eigenvalue weighted by atomic mass is 79.9. The summed E-state index contributed by atoms with van der Waals surface area (Å²) in [5.74, 6) is -0.986. The Morgan fingerprint density at radius 3 is 2.53 bits per heavy atom. The molecule has 0 fully saturated rings. The molecule has 1 aromatic rings. The molecular weight excluding hydrogens is 351 g/mol. The molecule has 0 heterocycles. The molecule has 0 spiro atoms. The predicted octanol–water partition coefficient (Wildman–Crippen LogP) is 3.24. The zero-order chi connectivity index (χ0) is 14.7. The van der Waals surface area contributed by atoms with Crippen LogP contribution in [0.25, 0.3) is 0 Å². The van der Waals surface area contributed by atoms with Crippen LogP contribution in [0.3, 0.4) is 0 Å². The van der Waals surface area contributed by atoms with Crippen LogP contribution in [0, 0.1) is 0 Å². The van der Waals surface area contributed by atoms with Crippen LogP contribution in [0.4, 0.5) is 18.9 Å². The smallest absolute Gasteiger partial charge is 0.389 e. The zero-order valence-corrected chi connectivity index (χ0v) is 11.9. The third-order valence-corrected chi connectivity index (χ3v) is 4.12. The van der Waals surface area contributed by atoms with Crippen LogP contribution in [0.15, 0.2) is 22.7 Å². The van der Waals surface area contributed by atoms with E-state index in [2.05, 4.69) is 15.9 Å². The Balaban J connectivity index is 2.67. The first kappa shape index (κ1) is 16.1. The van der Waals surface area contributed by atoms with Crippen molar-refractivity contribution in [3.8, 4) is 5.75 Å². The van der Waals surface area contributed by atoms with E-state index in [0.717, 1.165) is 0 Å². The maximum Gasteiger partial charge on any atom is 0.389 e. The molecule has 0 bridgehead atoms. The van der Waals surface area contributed by atoms with E-state index < -0.39 is 34.8 Å². The van der Waals surface area contributed by atoms with Crippen molar-refractivity contribution in [1.82, 2.24) is 0 Å². The summed E-state index contributed by atoms with van der Waals surface area (Å²) in [6, 6.07) is 4.29. The number of alkyl halides is 3. The van der Waals surface area contributed by atoms with E-state index in [0.29, 0.717) is 0 Å². The fourth-order valence-corrected chi connectivity index (χ4v) is 2.77. The van der Waals surface area contributed by atoms with Gasteiger partial charge in [0, 0.05) is 6.42 Å². The second-order valence-corrected chi connectivity index (χ2v) is 6.47. The highest BCUT2D eigenvalue weighted by molar-refractivity contribution is 9.10. The van der Waals surface area contributed by atoms with Gasteiger partial charge < -0.3 is 5.11 Å². The summed E-state index contributed by atoms with van der Waals surface area (Å²) >= 11 is 3.00. The second kappa shape index (κ2) is 6.00. The van der Waals surface area contributed by atoms with Crippen molar-refractivity contribution in [2.24, 2.45) is 0 Å². The number of aromatic hydroxyl groups is 1. The molecule has 108 valence electrons. The molecule has 0 saturated carbocycles. The molecule has 0 amide bonds. The highest BCUT2D eigenvalue weighted by Gasteiger charge is 2.27. The number of sulfonamides is 1. The molecule has 0 aromatic heterocycles. The van der Waals surface area contributed by atoms with E-state index in [-0.39, 0.29) is 15.9 Å². The number of nitrogens with one attached hydrogen (secondary N) is 1. The Hall–Kier alpha value is -0.960. The van der Waals surface area contributed by atoms with Crippen molar-refractivity contribution in [3.05, 3.63) is 22.7 Å². The number of hydrogen-bond donors (Lipinski definition) is 2. The summed E-state index contributed by atoms with van der Waals surface area (Å²) in [5, 5.41) is 9.56. The van der Waals surface area contributed by atoms with Gasteiger partial charge in [-0.1, -0.05) is 6.07 Å². The second-order valence-electron chi connectivity index (χ2n) is 3.78. The largest absolute Gasteiger partial charge is 0.505 e. The van der Waals surface area contributed by atoms with Gasteiger partial charge in [-0.2, -0.15) is 13.2 Å². The maximum atomic E-state index is 11.9. The molecule has 2 N–H and O–H groups in total. The van der Waals surface area contributed by atoms with E-state index in [4.69, 9.17) is 0 Å². The van der Waals surface area contributed by atoms with Gasteiger partial charge in [-0.15, -0.1) is 0 Å². The molecule has 1 rings (SSSR count). The van der Waals surface area contributed by atoms with E-state index >= 15 is 0 Å². The lowest BCUT2D eigenvalue weighted by Gasteiger charge is -2.11. The lowest BCUT2D eigenvalue weighted by molar-refractivity contribution is -0.134. The molecule has 0 aliphatic heterocycles. The number of phenolic OH excluding ortho intramolecular Hbond substituents is 1. The summed E-state index contributed by atoms with van der Waals surface area (Å²) in [7, 11) is -3.93. The highest BCUT2D eigenvalue weighted by Crippen LogP contribution is 2.32. The standard InChI is InChI=1S/C10H11BrF3NO3S/c11-7-3-1-4-8(9(7)16)15-19(17,18)6-2-5-10(12,13)14/h1,3-4,15-16H,2,5-6H2. The fourth-order valence-electron chi connectivity index (χ4n) is 1.28. The molecule has 0 saturated heterocycles. The first-order valence-corrected chi connectivity index (χ1v) is 7.60. The Labute approximate surface area is 116 Å². The lowest BCUT2D eigenvalue weighted by atomic mass is 10.3. The average molecular weight is 362 g/mol. The molecule has 0 aliphatic rings. The average Bonchev–Trinajstić information content (AvgIpc) is 2.22. The minimum Gasteiger partial charge on any atom is -0.505 e. The monoisotopic (exact) mass is 361 g/mol. The van der Waals surface area contributed by atoms with Crippen LogP contribution in [-0.2, 0) is 10.0 Å². The van der Waals surface area contributed by atoms with Gasteiger partial charge in [-0.25, -0.2) is 8.42 Å². The number of halogens is 4. The minimum absolute atomic E-state index is 0.0821. The Bertz CT molecular complexity index is 545. The van der Waals surface area contributed by atoms with Crippen LogP contribution >= 0.6 is 15.9 Å². The Kier molecular flexibility index (Phi) is 5.08. The summed E-state index contributed by atoms with van der Waals surface area (Å²) in [6.45, 7) is 0. The van der Waals surface area contributed by atoms with Gasteiger partial charge >= 0.3 is 6.18 Å². The third-order valence-electron chi connectivity index (χ3n) is 2.13. The number of para-hydroxylation sites is 1. The third kappa shape index (κ3) is 5.68. The zero-order valence-electron chi connectivity index (χ0n) is 9.54. The number of benzene rings is 1. The SMILES string of the molecule is O=S(=O)(CCCC(F)(F)F)Nc1cccc(Br)c1O. The van der Waals surface area contributed by atoms with Crippen LogP contribution < -0.4 is 4.72 Å². The molecule has 19 heavy (non-hydrogen) atoms. The van der Waals surface area contributed by atoms with E-state index in [1.54, 1.807) is 0 Å². The van der Waals surface area contributed by atoms with Crippen LogP contribution in [0.2, 0.25) is 0 Å². The van der Waals surface area contributed by atoms with Crippen molar-refractivity contribution in [3.63, 3.8) is 0 Å². The number of phenols is 1. The van der Waals surface area contributed by atoms with Crippen LogP contribution in [0.1, 0.15) is 12.8 Å². The van der Waals surface area contributed by atoms with Crippen LogP contribution in [-0.4, -0.2) is 25.5 Å². The molecule has 0 radical (unpaired) electrons. The van der Waals surface area contributed by atoms with Gasteiger partial charge in [0.05, 0.1) is 15.9 Å². The first-order valence-electron chi connectivity index (χ1n) is 5.15. The fraction of sp³-hybridized carbons (Fsp3) is 0.400. The van der Waals surface area contributed by atoms with E-state index in [9.17, 15) is 26.7 Å². The van der Waals surface area contributed by atoms with Gasteiger partial charge in [-0.05, 0) is 34.5 Å². The molecular formula is C10H11BrF3NO3S. The predicted molar refractivity (Wildman–Crippen MR) is 68.5 cm³/mol. The molecule has 0 aliphatic carbocycles. The summed E-state index contributed by atoms with van der Waals surface area (Å²) < 4.78 is 61.1. The molecule has 0 unspecified atom stereocenters. The summed E-state index contributed by atoms with van der Waals surface area (Å²) in [5.41, 5.74) is -0.0821. The van der Waals surface area contributed by atoms with Gasteiger partial charge in [0.25, 0.3) is 0 Å². The van der Waals surface area contributed by atoms with Gasteiger partial charge in [0.1, 0.15) is 0 Å². The maximum absolute atomic E-state index is 11.9. The quantitative estimate of drug-likeness (QED) is 0.791. The lowest BCUT2D eigenvalue weighted by Crippen LogP contribution is -2.19. The minimum atomic E-state index is -4.38. The molecule has 4 nitrogen and oxygen atoms in total. The van der Waals surface area contributed by atoms with Crippen molar-refractivity contribution in [2.45, 2.75) is 19.0 Å². The van der Waals surface area contributed by atoms with Crippen molar-refractivity contribution in [2.75, 3.05) is 10.5 Å². The van der Waals surface area contributed by atoms with Gasteiger partial charge in [0.2, 0.25) is 10.0 Å². The van der Waals surface area contributed by atoms with E-state index in [1.807, 2.05) is 4.72 Å². The number of rotatable bonds is 5. The van der Waals surface area contributed by atoms with Crippen molar-refractivity contribution < 1.29 is 26.7 Å². The molecule has 1 aromatic carbocycles. The first-order chi connectivity index (χ1) is 8.61. The van der Waals surface area contributed by atoms with Gasteiger partial charge in [-0.3, -0.25) is 4.72 Å². The molecule has 9 heteroatoms. The van der Waals surface area contributed by atoms with Crippen LogP contribution in [0.5, 0.6) is 5.75 Å². The van der Waals surface area contributed by atoms with Gasteiger partial charge in [0.15, 0.2) is 5.75 Å².